The van der Waals surface area contributed by atoms with Gasteiger partial charge in [-0.05, 0) is 18.2 Å². The first-order valence-electron chi connectivity index (χ1n) is 8.82. The van der Waals surface area contributed by atoms with Gasteiger partial charge in [-0.2, -0.15) is 13.2 Å². The lowest BCUT2D eigenvalue weighted by molar-refractivity contribution is -0.137. The quantitative estimate of drug-likeness (QED) is 0.381. The number of aromatic nitrogens is 2. The highest BCUT2D eigenvalue weighted by atomic mass is 35.5. The smallest absolute Gasteiger partial charge is 0.417 e. The number of amides is 1. The lowest BCUT2D eigenvalue weighted by atomic mass is 10.2. The van der Waals surface area contributed by atoms with Gasteiger partial charge in [-0.1, -0.05) is 40.9 Å². The summed E-state index contributed by atoms with van der Waals surface area (Å²) in [6.07, 6.45) is -4.31. The maximum atomic E-state index is 13.5. The van der Waals surface area contributed by atoms with E-state index in [1.165, 1.54) is 28.2 Å². The second kappa shape index (κ2) is 8.27. The van der Waals surface area contributed by atoms with E-state index in [2.05, 4.69) is 4.98 Å². The summed E-state index contributed by atoms with van der Waals surface area (Å²) in [5, 5.41) is -0.345. The number of nitrogens with zero attached hydrogens (tertiary/aromatic N) is 3. The van der Waals surface area contributed by atoms with E-state index in [4.69, 9.17) is 39.5 Å². The molecule has 0 saturated carbocycles. The number of imidazole rings is 1. The molecule has 1 fully saturated rings. The summed E-state index contributed by atoms with van der Waals surface area (Å²) in [6.45, 7) is 0.390. The molecular formula is C19H13Cl3F3N3O2S. The van der Waals surface area contributed by atoms with Crippen LogP contribution in [0.5, 0.6) is 0 Å². The number of rotatable bonds is 2. The van der Waals surface area contributed by atoms with Gasteiger partial charge in [0.1, 0.15) is 16.9 Å². The molecule has 0 aliphatic carbocycles. The van der Waals surface area contributed by atoms with E-state index in [0.29, 0.717) is 18.0 Å². The van der Waals surface area contributed by atoms with E-state index in [1.54, 1.807) is 18.2 Å². The molecule has 3 heterocycles. The van der Waals surface area contributed by atoms with Gasteiger partial charge < -0.3 is 4.74 Å². The predicted octanol–water partition coefficient (Wildman–Crippen LogP) is 6.79. The lowest BCUT2D eigenvalue weighted by Gasteiger charge is -2.21. The van der Waals surface area contributed by atoms with E-state index in [9.17, 15) is 18.0 Å². The highest BCUT2D eigenvalue weighted by Crippen LogP contribution is 2.45. The number of alkyl halides is 3. The Morgan fingerprint density at radius 1 is 1.23 bits per heavy atom. The van der Waals surface area contributed by atoms with Gasteiger partial charge >= 0.3 is 12.3 Å². The molecule has 1 saturated heterocycles. The van der Waals surface area contributed by atoms with Gasteiger partial charge in [0.25, 0.3) is 0 Å². The second-order valence-corrected chi connectivity index (χ2v) is 9.01. The zero-order chi connectivity index (χ0) is 22.5. The largest absolute Gasteiger partial charge is 0.453 e. The summed E-state index contributed by atoms with van der Waals surface area (Å²) < 4.78 is 46.5. The number of pyridine rings is 1. The Balaban J connectivity index is 2.04. The summed E-state index contributed by atoms with van der Waals surface area (Å²) in [5.74, 6) is 0.685. The molecule has 1 amide bonds. The minimum Gasteiger partial charge on any atom is -0.453 e. The van der Waals surface area contributed by atoms with Crippen molar-refractivity contribution in [2.45, 2.75) is 11.6 Å². The van der Waals surface area contributed by atoms with Crippen molar-refractivity contribution in [1.29, 1.82) is 0 Å². The van der Waals surface area contributed by atoms with E-state index < -0.39 is 23.2 Å². The number of hydrogen-bond donors (Lipinski definition) is 0. The zero-order valence-electron chi connectivity index (χ0n) is 15.7. The van der Waals surface area contributed by atoms with Gasteiger partial charge in [0.05, 0.1) is 38.8 Å². The third kappa shape index (κ3) is 3.92. The summed E-state index contributed by atoms with van der Waals surface area (Å²) in [4.78, 5) is 18.3. The lowest BCUT2D eigenvalue weighted by Crippen LogP contribution is -2.30. The van der Waals surface area contributed by atoms with Gasteiger partial charge in [0, 0.05) is 18.5 Å². The molecule has 1 aromatic carbocycles. The summed E-state index contributed by atoms with van der Waals surface area (Å²) in [5.41, 5.74) is -0.149. The Hall–Kier alpha value is -1.81. The normalized spacial score (nSPS) is 16.9. The first kappa shape index (κ1) is 22.4. The van der Waals surface area contributed by atoms with Gasteiger partial charge in [-0.25, -0.2) is 9.78 Å². The number of methoxy groups -OCH3 is 1. The number of thioether (sulfide) groups is 1. The van der Waals surface area contributed by atoms with E-state index >= 15 is 0 Å². The van der Waals surface area contributed by atoms with Crippen LogP contribution in [0.2, 0.25) is 15.1 Å². The van der Waals surface area contributed by atoms with Crippen molar-refractivity contribution in [2.24, 2.45) is 0 Å². The van der Waals surface area contributed by atoms with Crippen molar-refractivity contribution < 1.29 is 22.7 Å². The van der Waals surface area contributed by atoms with Crippen molar-refractivity contribution in [1.82, 2.24) is 14.3 Å². The molecule has 0 unspecified atom stereocenters. The molecule has 5 nitrogen and oxygen atoms in total. The number of fused-ring (bicyclic) bond motifs is 1. The number of ether oxygens (including phenoxy) is 1. The van der Waals surface area contributed by atoms with Gasteiger partial charge in [0.15, 0.2) is 0 Å². The van der Waals surface area contributed by atoms with Crippen molar-refractivity contribution in [3.05, 3.63) is 56.8 Å². The fourth-order valence-electron chi connectivity index (χ4n) is 3.41. The Bertz CT molecular complexity index is 1170. The minimum absolute atomic E-state index is 0.0888. The van der Waals surface area contributed by atoms with Crippen LogP contribution in [0.1, 0.15) is 16.6 Å². The molecule has 1 aliphatic rings. The molecule has 0 spiro atoms. The average molecular weight is 511 g/mol. The molecule has 4 rings (SSSR count). The maximum absolute atomic E-state index is 13.5. The minimum atomic E-state index is -4.63. The number of carbonyl (C=O) groups is 1. The number of carbonyl (C=O) groups excluding carboxylic acids is 1. The zero-order valence-corrected chi connectivity index (χ0v) is 18.8. The Labute approximate surface area is 194 Å². The molecular weight excluding hydrogens is 498 g/mol. The fraction of sp³-hybridized carbons (Fsp3) is 0.263. The Morgan fingerprint density at radius 3 is 2.52 bits per heavy atom. The van der Waals surface area contributed by atoms with Crippen LogP contribution in [0.4, 0.5) is 18.0 Å². The van der Waals surface area contributed by atoms with E-state index in [0.717, 1.165) is 12.3 Å². The average Bonchev–Trinajstić information content (AvgIpc) is 3.32. The molecule has 164 valence electrons. The van der Waals surface area contributed by atoms with Gasteiger partial charge in [0.2, 0.25) is 0 Å². The number of hydrogen-bond acceptors (Lipinski definition) is 4. The molecule has 2 aromatic heterocycles. The van der Waals surface area contributed by atoms with E-state index in [1.807, 2.05) is 0 Å². The molecule has 31 heavy (non-hydrogen) atoms. The molecule has 1 aliphatic heterocycles. The van der Waals surface area contributed by atoms with Gasteiger partial charge in [-0.3, -0.25) is 9.30 Å². The van der Waals surface area contributed by atoms with Crippen molar-refractivity contribution in [3.8, 4) is 11.4 Å². The maximum Gasteiger partial charge on any atom is 0.417 e. The fourth-order valence-corrected chi connectivity index (χ4v) is 5.50. The first-order chi connectivity index (χ1) is 14.6. The molecule has 0 N–H and O–H groups in total. The van der Waals surface area contributed by atoms with Crippen LogP contribution in [0.3, 0.4) is 0 Å². The Kier molecular flexibility index (Phi) is 5.97. The topological polar surface area (TPSA) is 46.8 Å². The van der Waals surface area contributed by atoms with Crippen LogP contribution >= 0.6 is 46.6 Å². The highest BCUT2D eigenvalue weighted by Gasteiger charge is 2.38. The molecule has 12 heteroatoms. The molecule has 3 aromatic rings. The molecule has 1 atom stereocenters. The summed E-state index contributed by atoms with van der Waals surface area (Å²) in [6, 6.07) is 5.57. The summed E-state index contributed by atoms with van der Waals surface area (Å²) in [7, 11) is 1.26. The predicted molar refractivity (Wildman–Crippen MR) is 115 cm³/mol. The van der Waals surface area contributed by atoms with Crippen LogP contribution in [0.15, 0.2) is 30.5 Å². The van der Waals surface area contributed by atoms with Crippen LogP contribution in [0, 0.1) is 0 Å². The third-order valence-corrected chi connectivity index (χ3v) is 6.89. The number of halogens is 6. The monoisotopic (exact) mass is 509 g/mol. The van der Waals surface area contributed by atoms with Crippen molar-refractivity contribution >= 4 is 58.2 Å². The van der Waals surface area contributed by atoms with Crippen LogP contribution in [0.25, 0.3) is 16.9 Å². The van der Waals surface area contributed by atoms with Crippen LogP contribution in [-0.2, 0) is 10.9 Å². The SMILES string of the molecule is COC(=O)N1CCS[C@@H]1c1nc(-c2c(Cl)cccc2Cl)n2cc(C(F)(F)F)cc(Cl)c12. The molecule has 0 radical (unpaired) electrons. The Morgan fingerprint density at radius 2 is 1.90 bits per heavy atom. The first-order valence-corrected chi connectivity index (χ1v) is 11.0. The third-order valence-electron chi connectivity index (χ3n) is 4.76. The van der Waals surface area contributed by atoms with E-state index in [-0.39, 0.29) is 32.0 Å². The number of benzene rings is 1. The van der Waals surface area contributed by atoms with Crippen LogP contribution < -0.4 is 0 Å². The van der Waals surface area contributed by atoms with Crippen molar-refractivity contribution in [2.75, 3.05) is 19.4 Å². The van der Waals surface area contributed by atoms with Crippen LogP contribution in [-0.4, -0.2) is 39.8 Å². The van der Waals surface area contributed by atoms with Crippen molar-refractivity contribution in [3.63, 3.8) is 0 Å². The van der Waals surface area contributed by atoms with Gasteiger partial charge in [-0.15, -0.1) is 11.8 Å². The molecule has 0 bridgehead atoms. The standard InChI is InChI=1S/C19H13Cl3F3N3O2S/c1-30-18(29)27-5-6-31-17(27)14-15-12(22)7-9(19(23,24)25)8-28(15)16(26-14)13-10(20)3-2-4-11(13)21/h2-4,7-8,17H,5-6H2,1H3/t17-/m1/s1. The highest BCUT2D eigenvalue weighted by molar-refractivity contribution is 7.99. The second-order valence-electron chi connectivity index (χ2n) is 6.60. The summed E-state index contributed by atoms with van der Waals surface area (Å²) >= 11 is 20.4.